The minimum atomic E-state index is -1.04. The Morgan fingerprint density at radius 3 is 2.63 bits per heavy atom. The van der Waals surface area contributed by atoms with Gasteiger partial charge in [-0.15, -0.1) is 0 Å². The summed E-state index contributed by atoms with van der Waals surface area (Å²) in [5.41, 5.74) is -1.24. The molecule has 0 atom stereocenters. The van der Waals surface area contributed by atoms with Crippen molar-refractivity contribution in [2.45, 2.75) is 19.4 Å². The lowest BCUT2D eigenvalue weighted by Gasteiger charge is -2.20. The number of hydrogen-bond acceptors (Lipinski definition) is 7. The maximum atomic E-state index is 12.6. The Kier molecular flexibility index (Phi) is 5.90. The minimum absolute atomic E-state index is 0.0608. The Bertz CT molecular complexity index is 1090. The lowest BCUT2D eigenvalue weighted by atomic mass is 10.2. The van der Waals surface area contributed by atoms with Crippen LogP contribution < -0.4 is 15.8 Å². The molecule has 0 saturated carbocycles. The SMILES string of the molecule is COC(=O)c1cc([N+](=O)[O-])c(=O)n(CC(=O)Nc2ccccc2N2CCCC2=O)c1. The Morgan fingerprint density at radius 1 is 1.27 bits per heavy atom. The van der Waals surface area contributed by atoms with E-state index in [-0.39, 0.29) is 11.5 Å². The van der Waals surface area contributed by atoms with Crippen LogP contribution in [0.5, 0.6) is 0 Å². The van der Waals surface area contributed by atoms with E-state index in [9.17, 15) is 29.3 Å². The Balaban J connectivity index is 1.88. The van der Waals surface area contributed by atoms with Gasteiger partial charge in [-0.25, -0.2) is 4.79 Å². The zero-order valence-electron chi connectivity index (χ0n) is 16.0. The van der Waals surface area contributed by atoms with Gasteiger partial charge in [-0.1, -0.05) is 12.1 Å². The molecule has 1 saturated heterocycles. The molecular formula is C19H18N4O7. The van der Waals surface area contributed by atoms with Crippen molar-refractivity contribution in [3.05, 3.63) is 62.6 Å². The summed E-state index contributed by atoms with van der Waals surface area (Å²) in [6.07, 6.45) is 2.15. The predicted octanol–water partition coefficient (Wildman–Crippen LogP) is 1.31. The second kappa shape index (κ2) is 8.55. The normalized spacial score (nSPS) is 13.2. The quantitative estimate of drug-likeness (QED) is 0.427. The molecule has 30 heavy (non-hydrogen) atoms. The zero-order chi connectivity index (χ0) is 21.8. The van der Waals surface area contributed by atoms with Crippen molar-refractivity contribution in [3.63, 3.8) is 0 Å². The van der Waals surface area contributed by atoms with E-state index in [4.69, 9.17) is 0 Å². The van der Waals surface area contributed by atoms with E-state index < -0.39 is 34.6 Å². The number of nitro groups is 1. The highest BCUT2D eigenvalue weighted by Gasteiger charge is 2.25. The molecule has 1 aliphatic heterocycles. The van der Waals surface area contributed by atoms with E-state index >= 15 is 0 Å². The molecule has 1 fully saturated rings. The summed E-state index contributed by atoms with van der Waals surface area (Å²) in [4.78, 5) is 60.4. The summed E-state index contributed by atoms with van der Waals surface area (Å²) < 4.78 is 5.30. The summed E-state index contributed by atoms with van der Waals surface area (Å²) in [6.45, 7) is -0.0503. The van der Waals surface area contributed by atoms with E-state index in [1.807, 2.05) is 0 Å². The van der Waals surface area contributed by atoms with E-state index in [1.165, 1.54) is 0 Å². The third kappa shape index (κ3) is 4.19. The van der Waals surface area contributed by atoms with Gasteiger partial charge in [0.15, 0.2) is 0 Å². The second-order valence-electron chi connectivity index (χ2n) is 6.51. The van der Waals surface area contributed by atoms with Crippen molar-refractivity contribution in [2.75, 3.05) is 23.9 Å². The number of pyridine rings is 1. The largest absolute Gasteiger partial charge is 0.465 e. The Labute approximate surface area is 170 Å². The lowest BCUT2D eigenvalue weighted by molar-refractivity contribution is -0.386. The number of esters is 1. The van der Waals surface area contributed by atoms with Gasteiger partial charge < -0.3 is 15.0 Å². The van der Waals surface area contributed by atoms with Gasteiger partial charge in [0, 0.05) is 25.2 Å². The lowest BCUT2D eigenvalue weighted by Crippen LogP contribution is -2.30. The first-order valence-corrected chi connectivity index (χ1v) is 8.98. The topological polar surface area (TPSA) is 141 Å². The standard InChI is InChI=1S/C19H18N4O7/c1-30-19(27)12-9-15(23(28)29)18(26)21(10-12)11-16(24)20-13-5-2-3-6-14(13)22-8-4-7-17(22)25/h2-3,5-6,9-10H,4,7-8,11H2,1H3,(H,20,24). The van der Waals surface area contributed by atoms with Crippen LogP contribution in [-0.2, 0) is 20.9 Å². The highest BCUT2D eigenvalue weighted by atomic mass is 16.6. The van der Waals surface area contributed by atoms with Crippen molar-refractivity contribution in [2.24, 2.45) is 0 Å². The summed E-state index contributed by atoms with van der Waals surface area (Å²) in [6, 6.07) is 7.50. The van der Waals surface area contributed by atoms with Gasteiger partial charge >= 0.3 is 17.2 Å². The average Bonchev–Trinajstić information content (AvgIpc) is 3.14. The average molecular weight is 414 g/mol. The molecule has 0 unspecified atom stereocenters. The number of aromatic nitrogens is 1. The molecule has 156 valence electrons. The number of nitrogens with one attached hydrogen (secondary N) is 1. The maximum Gasteiger partial charge on any atom is 0.339 e. The van der Waals surface area contributed by atoms with Crippen LogP contribution in [-0.4, -0.2) is 40.9 Å². The van der Waals surface area contributed by atoms with Gasteiger partial charge in [0.2, 0.25) is 11.8 Å². The fourth-order valence-electron chi connectivity index (χ4n) is 3.16. The number of ether oxygens (including phenoxy) is 1. The van der Waals surface area contributed by atoms with E-state index in [0.29, 0.717) is 30.8 Å². The fraction of sp³-hybridized carbons (Fsp3) is 0.263. The van der Waals surface area contributed by atoms with Gasteiger partial charge in [0.25, 0.3) is 0 Å². The molecule has 1 aromatic carbocycles. The molecule has 3 rings (SSSR count). The second-order valence-corrected chi connectivity index (χ2v) is 6.51. The first-order chi connectivity index (χ1) is 14.3. The number of hydrogen-bond donors (Lipinski definition) is 1. The Morgan fingerprint density at radius 2 is 2.00 bits per heavy atom. The predicted molar refractivity (Wildman–Crippen MR) is 105 cm³/mol. The molecule has 2 aromatic rings. The molecule has 0 spiro atoms. The summed E-state index contributed by atoms with van der Waals surface area (Å²) in [5, 5.41) is 13.8. The molecule has 2 heterocycles. The smallest absolute Gasteiger partial charge is 0.339 e. The molecule has 1 aliphatic rings. The summed E-state index contributed by atoms with van der Waals surface area (Å²) in [7, 11) is 1.09. The number of methoxy groups -OCH3 is 1. The van der Waals surface area contributed by atoms with Gasteiger partial charge in [-0.3, -0.25) is 29.1 Å². The van der Waals surface area contributed by atoms with Gasteiger partial charge in [-0.2, -0.15) is 0 Å². The van der Waals surface area contributed by atoms with Crippen LogP contribution in [0.25, 0.3) is 0 Å². The first kappa shape index (κ1) is 20.7. The summed E-state index contributed by atoms with van der Waals surface area (Å²) >= 11 is 0. The van der Waals surface area contributed by atoms with Crippen LogP contribution in [0.3, 0.4) is 0 Å². The molecule has 1 N–H and O–H groups in total. The van der Waals surface area contributed by atoms with Crippen molar-refractivity contribution >= 4 is 34.8 Å². The van der Waals surface area contributed by atoms with Crippen LogP contribution in [0.2, 0.25) is 0 Å². The third-order valence-electron chi connectivity index (χ3n) is 4.54. The highest BCUT2D eigenvalue weighted by Crippen LogP contribution is 2.29. The van der Waals surface area contributed by atoms with Crippen molar-refractivity contribution in [3.8, 4) is 0 Å². The van der Waals surface area contributed by atoms with Crippen LogP contribution >= 0.6 is 0 Å². The number of carbonyl (C=O) groups excluding carboxylic acids is 3. The molecule has 11 heteroatoms. The van der Waals surface area contributed by atoms with Gasteiger partial charge in [0.05, 0.1) is 29.0 Å². The van der Waals surface area contributed by atoms with Crippen molar-refractivity contribution in [1.82, 2.24) is 4.57 Å². The fourth-order valence-corrected chi connectivity index (χ4v) is 3.16. The summed E-state index contributed by atoms with van der Waals surface area (Å²) in [5.74, 6) is -1.60. The van der Waals surface area contributed by atoms with Crippen molar-refractivity contribution in [1.29, 1.82) is 0 Å². The Hall–Kier alpha value is -4.02. The van der Waals surface area contributed by atoms with E-state index in [0.717, 1.165) is 23.9 Å². The molecule has 0 bridgehead atoms. The van der Waals surface area contributed by atoms with Gasteiger partial charge in [0.1, 0.15) is 6.54 Å². The van der Waals surface area contributed by atoms with E-state index in [1.54, 1.807) is 29.2 Å². The van der Waals surface area contributed by atoms with Gasteiger partial charge in [-0.05, 0) is 18.6 Å². The molecule has 11 nitrogen and oxygen atoms in total. The van der Waals surface area contributed by atoms with E-state index in [2.05, 4.69) is 10.1 Å². The molecule has 2 amide bonds. The number of nitrogens with zero attached hydrogens (tertiary/aromatic N) is 3. The van der Waals surface area contributed by atoms with Crippen LogP contribution in [0, 0.1) is 10.1 Å². The zero-order valence-corrected chi connectivity index (χ0v) is 16.0. The highest BCUT2D eigenvalue weighted by molar-refractivity contribution is 6.02. The third-order valence-corrected chi connectivity index (χ3v) is 4.54. The number of amides is 2. The van der Waals surface area contributed by atoms with Crippen LogP contribution in [0.15, 0.2) is 41.3 Å². The number of anilines is 2. The number of para-hydroxylation sites is 2. The number of benzene rings is 1. The minimum Gasteiger partial charge on any atom is -0.465 e. The monoisotopic (exact) mass is 414 g/mol. The van der Waals surface area contributed by atoms with Crippen LogP contribution in [0.4, 0.5) is 17.1 Å². The first-order valence-electron chi connectivity index (χ1n) is 8.98. The number of carbonyl (C=O) groups is 3. The molecule has 1 aromatic heterocycles. The molecular weight excluding hydrogens is 396 g/mol. The maximum absolute atomic E-state index is 12.6. The molecule has 0 aliphatic carbocycles. The van der Waals surface area contributed by atoms with Crippen molar-refractivity contribution < 1.29 is 24.0 Å². The number of rotatable bonds is 6. The van der Waals surface area contributed by atoms with Crippen LogP contribution in [0.1, 0.15) is 23.2 Å². The molecule has 0 radical (unpaired) electrons.